The Bertz CT molecular complexity index is 1410. The van der Waals surface area contributed by atoms with Crippen LogP contribution < -0.4 is 9.64 Å². The number of nitrogens with zero attached hydrogens (tertiary/aromatic N) is 2. The molecule has 1 N–H and O–H groups in total. The third-order valence-corrected chi connectivity index (χ3v) is 6.74. The Morgan fingerprint density at radius 3 is 2.52 bits per heavy atom. The first-order valence-electron chi connectivity index (χ1n) is 11.0. The highest BCUT2D eigenvalue weighted by molar-refractivity contribution is 6.22. The van der Waals surface area contributed by atoms with Crippen molar-refractivity contribution in [3.8, 4) is 5.75 Å². The number of hydrogen-bond acceptors (Lipinski definition) is 3. The number of urea groups is 1. The van der Waals surface area contributed by atoms with E-state index in [0.29, 0.717) is 17.9 Å². The summed E-state index contributed by atoms with van der Waals surface area (Å²) >= 11 is 0. The van der Waals surface area contributed by atoms with E-state index in [-0.39, 0.29) is 18.0 Å². The average Bonchev–Trinajstić information content (AvgIpc) is 3.32. The van der Waals surface area contributed by atoms with Gasteiger partial charge in [0.05, 0.1) is 12.8 Å². The topological polar surface area (TPSA) is 65.6 Å². The number of aromatic nitrogens is 1. The molecule has 164 valence electrons. The summed E-state index contributed by atoms with van der Waals surface area (Å²) in [5, 5.41) is 1.10. The molecule has 1 saturated heterocycles. The highest BCUT2D eigenvalue weighted by Gasteiger charge is 2.53. The Hall–Kier alpha value is -4.06. The van der Waals surface area contributed by atoms with E-state index in [1.165, 1.54) is 4.90 Å². The van der Waals surface area contributed by atoms with Crippen molar-refractivity contribution >= 4 is 28.5 Å². The molecule has 2 atom stereocenters. The minimum absolute atomic E-state index is 0.196. The first-order valence-corrected chi connectivity index (χ1v) is 11.0. The number of fused-ring (bicyclic) bond motifs is 4. The molecule has 3 heterocycles. The molecule has 6 heteroatoms. The second-order valence-corrected chi connectivity index (χ2v) is 8.66. The summed E-state index contributed by atoms with van der Waals surface area (Å²) in [4.78, 5) is 34.0. The molecule has 6 nitrogen and oxygen atoms in total. The number of amides is 3. The van der Waals surface area contributed by atoms with E-state index in [1.54, 1.807) is 36.3 Å². The number of nitrogens with one attached hydrogen (secondary N) is 1. The fourth-order valence-electron chi connectivity index (χ4n) is 5.23. The van der Waals surface area contributed by atoms with Crippen molar-refractivity contribution in [3.05, 3.63) is 95.2 Å². The third-order valence-electron chi connectivity index (χ3n) is 6.74. The molecule has 1 aromatic heterocycles. The van der Waals surface area contributed by atoms with Crippen LogP contribution in [-0.2, 0) is 11.2 Å². The monoisotopic (exact) mass is 437 g/mol. The van der Waals surface area contributed by atoms with Crippen LogP contribution in [0.25, 0.3) is 10.9 Å². The highest BCUT2D eigenvalue weighted by atomic mass is 16.5. The molecule has 0 radical (unpaired) electrons. The molecule has 3 amide bonds. The van der Waals surface area contributed by atoms with E-state index in [4.69, 9.17) is 4.74 Å². The minimum atomic E-state index is -0.558. The van der Waals surface area contributed by atoms with Crippen LogP contribution in [0, 0.1) is 6.92 Å². The minimum Gasteiger partial charge on any atom is -0.497 e. The molecule has 2 unspecified atom stereocenters. The maximum Gasteiger partial charge on any atom is 0.332 e. The number of rotatable bonds is 3. The Morgan fingerprint density at radius 2 is 1.76 bits per heavy atom. The zero-order valence-corrected chi connectivity index (χ0v) is 18.4. The van der Waals surface area contributed by atoms with Gasteiger partial charge in [-0.2, -0.15) is 0 Å². The maximum atomic E-state index is 13.8. The Morgan fingerprint density at radius 1 is 0.970 bits per heavy atom. The molecule has 4 aromatic rings. The van der Waals surface area contributed by atoms with E-state index in [0.717, 1.165) is 33.3 Å². The Labute approximate surface area is 191 Å². The number of aromatic amines is 1. The van der Waals surface area contributed by atoms with Crippen LogP contribution in [0.15, 0.2) is 72.8 Å². The first-order chi connectivity index (χ1) is 16.1. The van der Waals surface area contributed by atoms with Crippen LogP contribution in [0.1, 0.15) is 28.4 Å². The van der Waals surface area contributed by atoms with Gasteiger partial charge in [-0.3, -0.25) is 9.69 Å². The van der Waals surface area contributed by atoms with Gasteiger partial charge in [0.1, 0.15) is 17.8 Å². The molecule has 1 fully saturated rings. The van der Waals surface area contributed by atoms with Gasteiger partial charge >= 0.3 is 6.03 Å². The van der Waals surface area contributed by atoms with Crippen molar-refractivity contribution in [1.82, 2.24) is 9.88 Å². The average molecular weight is 437 g/mol. The molecule has 3 aromatic carbocycles. The molecule has 0 aliphatic carbocycles. The fourth-order valence-corrected chi connectivity index (χ4v) is 5.23. The number of H-pyrrole nitrogens is 1. The van der Waals surface area contributed by atoms with Crippen LogP contribution in [-0.4, -0.2) is 35.0 Å². The summed E-state index contributed by atoms with van der Waals surface area (Å²) in [6, 6.07) is 22.1. The molecule has 0 bridgehead atoms. The van der Waals surface area contributed by atoms with Crippen molar-refractivity contribution in [2.45, 2.75) is 25.4 Å². The van der Waals surface area contributed by atoms with E-state index >= 15 is 0 Å². The molecule has 0 saturated carbocycles. The number of anilines is 1. The SMILES string of the molecule is COc1ccc(N2C(=O)C3Cc4c([nH]c5ccccc45)C(c4cccc(C)c4)N3C2=O)cc1. The van der Waals surface area contributed by atoms with Gasteiger partial charge in [-0.1, -0.05) is 48.0 Å². The first kappa shape index (κ1) is 19.6. The van der Waals surface area contributed by atoms with Crippen molar-refractivity contribution in [1.29, 1.82) is 0 Å². The second-order valence-electron chi connectivity index (χ2n) is 8.66. The van der Waals surface area contributed by atoms with Gasteiger partial charge in [0.15, 0.2) is 0 Å². The zero-order chi connectivity index (χ0) is 22.7. The number of methoxy groups -OCH3 is 1. The summed E-state index contributed by atoms with van der Waals surface area (Å²) in [6.45, 7) is 2.04. The second kappa shape index (κ2) is 7.24. The van der Waals surface area contributed by atoms with Crippen molar-refractivity contribution in [2.75, 3.05) is 12.0 Å². The summed E-state index contributed by atoms with van der Waals surface area (Å²) in [7, 11) is 1.59. The number of ether oxygens (including phenoxy) is 1. The number of carbonyl (C=O) groups is 2. The number of aryl methyl sites for hydroxylation is 1. The molecule has 33 heavy (non-hydrogen) atoms. The van der Waals surface area contributed by atoms with Crippen molar-refractivity contribution in [3.63, 3.8) is 0 Å². The number of hydrogen-bond donors (Lipinski definition) is 1. The van der Waals surface area contributed by atoms with E-state index in [2.05, 4.69) is 17.1 Å². The summed E-state index contributed by atoms with van der Waals surface area (Å²) in [5.74, 6) is 0.480. The number of imide groups is 1. The van der Waals surface area contributed by atoms with Gasteiger partial charge in [-0.25, -0.2) is 9.69 Å². The zero-order valence-electron chi connectivity index (χ0n) is 18.4. The lowest BCUT2D eigenvalue weighted by atomic mass is 9.88. The van der Waals surface area contributed by atoms with Gasteiger partial charge in [-0.05, 0) is 48.4 Å². The number of benzene rings is 3. The van der Waals surface area contributed by atoms with E-state index in [9.17, 15) is 9.59 Å². The van der Waals surface area contributed by atoms with Gasteiger partial charge in [-0.15, -0.1) is 0 Å². The normalized spacial score (nSPS) is 19.7. The molecular weight excluding hydrogens is 414 g/mol. The Balaban J connectivity index is 1.52. The molecule has 2 aliphatic rings. The van der Waals surface area contributed by atoms with Gasteiger partial charge in [0.25, 0.3) is 5.91 Å². The maximum absolute atomic E-state index is 13.8. The summed E-state index contributed by atoms with van der Waals surface area (Å²) < 4.78 is 5.24. The lowest BCUT2D eigenvalue weighted by Crippen LogP contribution is -2.44. The molecule has 0 spiro atoms. The van der Waals surface area contributed by atoms with Gasteiger partial charge in [0, 0.05) is 23.0 Å². The lowest BCUT2D eigenvalue weighted by molar-refractivity contribution is -0.120. The van der Waals surface area contributed by atoms with Crippen LogP contribution >= 0.6 is 0 Å². The molecule has 2 aliphatic heterocycles. The van der Waals surface area contributed by atoms with E-state index < -0.39 is 6.04 Å². The standard InChI is InChI=1S/C27H23N3O3/c1-16-6-5-7-17(14-16)25-24-21(20-8-3-4-9-22(20)28-24)15-23-26(31)29(27(32)30(23)25)18-10-12-19(33-2)13-11-18/h3-14,23,25,28H,15H2,1-2H3. The quantitative estimate of drug-likeness (QED) is 0.461. The third kappa shape index (κ3) is 2.87. The van der Waals surface area contributed by atoms with Crippen LogP contribution in [0.2, 0.25) is 0 Å². The predicted molar refractivity (Wildman–Crippen MR) is 127 cm³/mol. The van der Waals surface area contributed by atoms with E-state index in [1.807, 2.05) is 43.3 Å². The number of para-hydroxylation sites is 1. The fraction of sp³-hybridized carbons (Fsp3) is 0.185. The summed E-state index contributed by atoms with van der Waals surface area (Å²) in [5.41, 5.74) is 5.76. The van der Waals surface area contributed by atoms with Crippen LogP contribution in [0.5, 0.6) is 5.75 Å². The summed E-state index contributed by atoms with van der Waals surface area (Å²) in [6.07, 6.45) is 0.485. The Kier molecular flexibility index (Phi) is 4.30. The number of carbonyl (C=O) groups excluding carboxylic acids is 2. The molecular formula is C27H23N3O3. The molecule has 6 rings (SSSR count). The van der Waals surface area contributed by atoms with Crippen LogP contribution in [0.4, 0.5) is 10.5 Å². The van der Waals surface area contributed by atoms with Crippen LogP contribution in [0.3, 0.4) is 0 Å². The van der Waals surface area contributed by atoms with Crippen molar-refractivity contribution < 1.29 is 14.3 Å². The van der Waals surface area contributed by atoms with Gasteiger partial charge in [0.2, 0.25) is 0 Å². The lowest BCUT2D eigenvalue weighted by Gasteiger charge is -2.36. The largest absolute Gasteiger partial charge is 0.497 e. The highest BCUT2D eigenvalue weighted by Crippen LogP contribution is 2.45. The smallest absolute Gasteiger partial charge is 0.332 e. The predicted octanol–water partition coefficient (Wildman–Crippen LogP) is 4.97. The van der Waals surface area contributed by atoms with Gasteiger partial charge < -0.3 is 9.72 Å². The van der Waals surface area contributed by atoms with Crippen molar-refractivity contribution in [2.24, 2.45) is 0 Å².